The second-order valence-corrected chi connectivity index (χ2v) is 4.77. The molecule has 4 nitrogen and oxygen atoms in total. The molecule has 4 heteroatoms. The van der Waals surface area contributed by atoms with E-state index in [0.29, 0.717) is 5.56 Å². The lowest BCUT2D eigenvalue weighted by Crippen LogP contribution is -2.13. The van der Waals surface area contributed by atoms with E-state index in [4.69, 9.17) is 5.73 Å². The van der Waals surface area contributed by atoms with Gasteiger partial charge in [0.1, 0.15) is 5.82 Å². The van der Waals surface area contributed by atoms with E-state index in [9.17, 15) is 4.79 Å². The molecule has 0 bridgehead atoms. The van der Waals surface area contributed by atoms with Crippen molar-refractivity contribution in [2.24, 2.45) is 5.73 Å². The van der Waals surface area contributed by atoms with Crippen molar-refractivity contribution in [2.45, 2.75) is 0 Å². The van der Waals surface area contributed by atoms with E-state index in [-0.39, 0.29) is 0 Å². The Hall–Kier alpha value is -3.14. The lowest BCUT2D eigenvalue weighted by Gasteiger charge is -2.24. The molecule has 0 aliphatic carbocycles. The smallest absolute Gasteiger partial charge is 0.248 e. The van der Waals surface area contributed by atoms with Crippen LogP contribution in [0.4, 0.5) is 17.2 Å². The molecule has 0 aliphatic rings. The molecule has 0 radical (unpaired) electrons. The molecule has 0 aliphatic heterocycles. The lowest BCUT2D eigenvalue weighted by molar-refractivity contribution is 0.100. The Labute approximate surface area is 128 Å². The van der Waals surface area contributed by atoms with Gasteiger partial charge < -0.3 is 5.73 Å². The summed E-state index contributed by atoms with van der Waals surface area (Å²) in [4.78, 5) is 17.7. The van der Waals surface area contributed by atoms with Gasteiger partial charge in [-0.05, 0) is 48.5 Å². The number of primary amides is 1. The summed E-state index contributed by atoms with van der Waals surface area (Å²) in [6, 6.07) is 22.9. The Morgan fingerprint density at radius 3 is 2.05 bits per heavy atom. The number of carbonyl (C=O) groups excluding carboxylic acids is 1. The van der Waals surface area contributed by atoms with Crippen LogP contribution in [0.15, 0.2) is 79.0 Å². The molecule has 3 aromatic rings. The third-order valence-corrected chi connectivity index (χ3v) is 3.30. The van der Waals surface area contributed by atoms with Crippen LogP contribution >= 0.6 is 0 Å². The van der Waals surface area contributed by atoms with Crippen molar-refractivity contribution < 1.29 is 4.79 Å². The molecule has 2 aromatic carbocycles. The summed E-state index contributed by atoms with van der Waals surface area (Å²) in [6.07, 6.45) is 1.75. The highest BCUT2D eigenvalue weighted by Crippen LogP contribution is 2.32. The SMILES string of the molecule is NC(=O)c1ccc(N(c2ccccc2)c2ccccn2)cc1. The molecule has 0 atom stereocenters. The second-order valence-electron chi connectivity index (χ2n) is 4.77. The van der Waals surface area contributed by atoms with E-state index in [2.05, 4.69) is 4.98 Å². The lowest BCUT2D eigenvalue weighted by atomic mass is 10.1. The highest BCUT2D eigenvalue weighted by molar-refractivity contribution is 5.93. The molecule has 1 aromatic heterocycles. The van der Waals surface area contributed by atoms with Crippen LogP contribution in [-0.4, -0.2) is 10.9 Å². The summed E-state index contributed by atoms with van der Waals surface area (Å²) in [7, 11) is 0. The first-order chi connectivity index (χ1) is 10.8. The predicted molar refractivity (Wildman–Crippen MR) is 87.4 cm³/mol. The van der Waals surface area contributed by atoms with Crippen LogP contribution in [0.25, 0.3) is 0 Å². The number of hydrogen-bond acceptors (Lipinski definition) is 3. The minimum absolute atomic E-state index is 0.435. The maximum absolute atomic E-state index is 11.2. The van der Waals surface area contributed by atoms with Gasteiger partial charge >= 0.3 is 0 Å². The maximum atomic E-state index is 11.2. The van der Waals surface area contributed by atoms with Crippen molar-refractivity contribution in [3.05, 3.63) is 84.6 Å². The number of aromatic nitrogens is 1. The quantitative estimate of drug-likeness (QED) is 0.797. The van der Waals surface area contributed by atoms with Crippen molar-refractivity contribution in [3.8, 4) is 0 Å². The first kappa shape index (κ1) is 13.8. The highest BCUT2D eigenvalue weighted by atomic mass is 16.1. The molecule has 108 valence electrons. The van der Waals surface area contributed by atoms with Crippen molar-refractivity contribution in [2.75, 3.05) is 4.90 Å². The van der Waals surface area contributed by atoms with E-state index < -0.39 is 5.91 Å². The van der Waals surface area contributed by atoms with Crippen LogP contribution in [0.5, 0.6) is 0 Å². The summed E-state index contributed by atoms with van der Waals surface area (Å²) < 4.78 is 0. The number of amides is 1. The largest absolute Gasteiger partial charge is 0.366 e. The Balaban J connectivity index is 2.08. The van der Waals surface area contributed by atoms with Crippen LogP contribution in [0.3, 0.4) is 0 Å². The van der Waals surface area contributed by atoms with E-state index in [1.807, 2.05) is 65.6 Å². The van der Waals surface area contributed by atoms with E-state index in [1.165, 1.54) is 0 Å². The molecule has 2 N–H and O–H groups in total. The fraction of sp³-hybridized carbons (Fsp3) is 0. The molecule has 3 rings (SSSR count). The molecule has 0 saturated carbocycles. The van der Waals surface area contributed by atoms with Gasteiger partial charge in [0.2, 0.25) is 5.91 Å². The average Bonchev–Trinajstić information content (AvgIpc) is 2.57. The molecular formula is C18H15N3O. The number of nitrogens with two attached hydrogens (primary N) is 1. The van der Waals surface area contributed by atoms with Crippen LogP contribution < -0.4 is 10.6 Å². The van der Waals surface area contributed by atoms with Gasteiger partial charge in [-0.3, -0.25) is 9.69 Å². The van der Waals surface area contributed by atoms with Crippen molar-refractivity contribution in [3.63, 3.8) is 0 Å². The minimum Gasteiger partial charge on any atom is -0.366 e. The molecule has 0 fully saturated rings. The number of anilines is 3. The van der Waals surface area contributed by atoms with Gasteiger partial charge in [-0.25, -0.2) is 4.98 Å². The summed E-state index contributed by atoms with van der Waals surface area (Å²) in [5, 5.41) is 0. The fourth-order valence-corrected chi connectivity index (χ4v) is 2.25. The Kier molecular flexibility index (Phi) is 3.83. The highest BCUT2D eigenvalue weighted by Gasteiger charge is 2.13. The van der Waals surface area contributed by atoms with E-state index in [0.717, 1.165) is 17.2 Å². The number of hydrogen-bond donors (Lipinski definition) is 1. The Morgan fingerprint density at radius 2 is 1.45 bits per heavy atom. The number of rotatable bonds is 4. The molecule has 0 saturated heterocycles. The molecule has 0 spiro atoms. The van der Waals surface area contributed by atoms with E-state index >= 15 is 0 Å². The summed E-state index contributed by atoms with van der Waals surface area (Å²) in [6.45, 7) is 0. The first-order valence-electron chi connectivity index (χ1n) is 6.92. The summed E-state index contributed by atoms with van der Waals surface area (Å²) in [5.41, 5.74) is 7.69. The van der Waals surface area contributed by atoms with Crippen molar-refractivity contribution >= 4 is 23.1 Å². The van der Waals surface area contributed by atoms with Gasteiger partial charge in [0, 0.05) is 23.1 Å². The van der Waals surface area contributed by atoms with E-state index in [1.54, 1.807) is 18.3 Å². The monoisotopic (exact) mass is 289 g/mol. The average molecular weight is 289 g/mol. The van der Waals surface area contributed by atoms with Gasteiger partial charge in [-0.15, -0.1) is 0 Å². The van der Waals surface area contributed by atoms with Crippen LogP contribution in [0.2, 0.25) is 0 Å². The summed E-state index contributed by atoms with van der Waals surface area (Å²) >= 11 is 0. The zero-order valence-corrected chi connectivity index (χ0v) is 11.9. The zero-order valence-electron chi connectivity index (χ0n) is 11.9. The maximum Gasteiger partial charge on any atom is 0.248 e. The normalized spacial score (nSPS) is 10.2. The number of benzene rings is 2. The fourth-order valence-electron chi connectivity index (χ4n) is 2.25. The molecule has 0 unspecified atom stereocenters. The van der Waals surface area contributed by atoms with Gasteiger partial charge in [0.25, 0.3) is 0 Å². The van der Waals surface area contributed by atoms with Gasteiger partial charge in [-0.1, -0.05) is 24.3 Å². The Morgan fingerprint density at radius 1 is 0.818 bits per heavy atom. The molecule has 1 heterocycles. The van der Waals surface area contributed by atoms with Gasteiger partial charge in [-0.2, -0.15) is 0 Å². The van der Waals surface area contributed by atoms with Crippen LogP contribution in [0.1, 0.15) is 10.4 Å². The van der Waals surface area contributed by atoms with Gasteiger partial charge in [0.15, 0.2) is 0 Å². The molecule has 1 amide bonds. The number of para-hydroxylation sites is 1. The second kappa shape index (κ2) is 6.10. The molecule has 22 heavy (non-hydrogen) atoms. The predicted octanol–water partition coefficient (Wildman–Crippen LogP) is 3.65. The number of nitrogens with zero attached hydrogens (tertiary/aromatic N) is 2. The van der Waals surface area contributed by atoms with Crippen molar-refractivity contribution in [1.29, 1.82) is 0 Å². The minimum atomic E-state index is -0.435. The zero-order chi connectivity index (χ0) is 15.4. The topological polar surface area (TPSA) is 59.2 Å². The Bertz CT molecular complexity index is 716. The number of pyridine rings is 1. The first-order valence-corrected chi connectivity index (χ1v) is 6.92. The van der Waals surface area contributed by atoms with Crippen LogP contribution in [-0.2, 0) is 0 Å². The number of carbonyl (C=O) groups is 1. The standard InChI is InChI=1S/C18H15N3O/c19-18(22)14-9-11-16(12-10-14)21(15-6-2-1-3-7-15)17-8-4-5-13-20-17/h1-13H,(H2,19,22). The third-order valence-electron chi connectivity index (χ3n) is 3.30. The third kappa shape index (κ3) is 2.81. The molecular weight excluding hydrogens is 274 g/mol. The van der Waals surface area contributed by atoms with Crippen LogP contribution in [0, 0.1) is 0 Å². The summed E-state index contributed by atoms with van der Waals surface area (Å²) in [5.74, 6) is 0.371. The van der Waals surface area contributed by atoms with Crippen molar-refractivity contribution in [1.82, 2.24) is 4.98 Å². The van der Waals surface area contributed by atoms with Gasteiger partial charge in [0.05, 0.1) is 0 Å².